The summed E-state index contributed by atoms with van der Waals surface area (Å²) in [4.78, 5) is 13.8. The average molecular weight is 529 g/mol. The second kappa shape index (κ2) is 10.7. The number of hydrogen-bond donors (Lipinski definition) is 1. The second-order valence-corrected chi connectivity index (χ2v) is 9.67. The number of benzene rings is 3. The molecule has 0 saturated heterocycles. The van der Waals surface area contributed by atoms with Crippen LogP contribution in [0, 0.1) is 18.6 Å². The van der Waals surface area contributed by atoms with Gasteiger partial charge in [0.25, 0.3) is 0 Å². The number of rotatable bonds is 7. The van der Waals surface area contributed by atoms with Gasteiger partial charge in [0.1, 0.15) is 12.4 Å². The van der Waals surface area contributed by atoms with Gasteiger partial charge in [0.2, 0.25) is 10.7 Å². The van der Waals surface area contributed by atoms with Crippen LogP contribution in [0.5, 0.6) is 0 Å². The minimum absolute atomic E-state index is 0.0506. The third-order valence-corrected chi connectivity index (χ3v) is 6.72. The Morgan fingerprint density at radius 3 is 2.42 bits per heavy atom. The molecule has 186 valence electrons. The Bertz CT molecular complexity index is 1440. The fourth-order valence-electron chi connectivity index (χ4n) is 3.57. The Morgan fingerprint density at radius 1 is 1.00 bits per heavy atom. The maximum absolute atomic E-state index is 13.0. The molecule has 10 heteroatoms. The lowest BCUT2D eigenvalue weighted by atomic mass is 10.2. The SMILES string of the molecule is Cc1ccc(SCc2nn(CC(=O)Nc3cccc(C(F)(F)F)c3)c(=S)n2-c2cccc(C)c2)cc1. The molecule has 4 rings (SSSR count). The van der Waals surface area contributed by atoms with E-state index in [0.717, 1.165) is 33.8 Å². The number of aromatic nitrogens is 3. The van der Waals surface area contributed by atoms with Crippen molar-refractivity contribution in [3.05, 3.63) is 100 Å². The molecule has 0 aliphatic rings. The molecule has 0 unspecified atom stereocenters. The van der Waals surface area contributed by atoms with Crippen molar-refractivity contribution in [1.29, 1.82) is 0 Å². The van der Waals surface area contributed by atoms with E-state index < -0.39 is 17.6 Å². The van der Waals surface area contributed by atoms with Crippen LogP contribution in [0.15, 0.2) is 77.7 Å². The lowest BCUT2D eigenvalue weighted by Gasteiger charge is -2.10. The second-order valence-electron chi connectivity index (χ2n) is 8.26. The lowest BCUT2D eigenvalue weighted by Crippen LogP contribution is -2.20. The molecule has 36 heavy (non-hydrogen) atoms. The van der Waals surface area contributed by atoms with Crippen LogP contribution in [0.25, 0.3) is 5.69 Å². The van der Waals surface area contributed by atoms with Crippen molar-refractivity contribution in [3.8, 4) is 5.69 Å². The molecule has 1 amide bonds. The van der Waals surface area contributed by atoms with Crippen LogP contribution in [-0.4, -0.2) is 20.3 Å². The Morgan fingerprint density at radius 2 is 1.72 bits per heavy atom. The number of nitrogens with zero attached hydrogens (tertiary/aromatic N) is 3. The topological polar surface area (TPSA) is 51.9 Å². The zero-order valence-corrected chi connectivity index (χ0v) is 21.2. The van der Waals surface area contributed by atoms with Crippen molar-refractivity contribution in [2.45, 2.75) is 37.2 Å². The third kappa shape index (κ3) is 6.24. The van der Waals surface area contributed by atoms with E-state index in [0.29, 0.717) is 16.3 Å². The molecule has 0 aliphatic heterocycles. The molecule has 1 aromatic heterocycles. The number of thioether (sulfide) groups is 1. The molecule has 1 heterocycles. The van der Waals surface area contributed by atoms with Crippen LogP contribution in [0.4, 0.5) is 18.9 Å². The molecular weight excluding hydrogens is 505 g/mol. The lowest BCUT2D eigenvalue weighted by molar-refractivity contribution is -0.137. The van der Waals surface area contributed by atoms with Gasteiger partial charge in [-0.1, -0.05) is 35.9 Å². The van der Waals surface area contributed by atoms with Gasteiger partial charge in [-0.2, -0.15) is 18.3 Å². The summed E-state index contributed by atoms with van der Waals surface area (Å²) in [6.07, 6.45) is -4.50. The molecule has 1 N–H and O–H groups in total. The summed E-state index contributed by atoms with van der Waals surface area (Å²) >= 11 is 7.26. The average Bonchev–Trinajstić information content (AvgIpc) is 3.13. The van der Waals surface area contributed by atoms with Crippen LogP contribution in [0.3, 0.4) is 0 Å². The highest BCUT2D eigenvalue weighted by molar-refractivity contribution is 7.98. The zero-order valence-electron chi connectivity index (χ0n) is 19.5. The summed E-state index contributed by atoms with van der Waals surface area (Å²) in [5.74, 6) is 0.628. The number of alkyl halides is 3. The Kier molecular flexibility index (Phi) is 7.65. The third-order valence-electron chi connectivity index (χ3n) is 5.32. The number of halogens is 3. The van der Waals surface area contributed by atoms with E-state index in [1.807, 2.05) is 66.9 Å². The van der Waals surface area contributed by atoms with Crippen LogP contribution in [-0.2, 0) is 23.3 Å². The van der Waals surface area contributed by atoms with Crippen molar-refractivity contribution in [3.63, 3.8) is 0 Å². The molecule has 4 aromatic rings. The van der Waals surface area contributed by atoms with E-state index in [4.69, 9.17) is 12.2 Å². The van der Waals surface area contributed by atoms with E-state index in [-0.39, 0.29) is 12.2 Å². The Balaban J connectivity index is 1.60. The largest absolute Gasteiger partial charge is 0.416 e. The van der Waals surface area contributed by atoms with E-state index >= 15 is 0 Å². The first-order valence-electron chi connectivity index (χ1n) is 11.0. The number of aryl methyl sites for hydroxylation is 2. The number of carbonyl (C=O) groups is 1. The molecule has 0 aliphatic carbocycles. The summed E-state index contributed by atoms with van der Waals surface area (Å²) in [6.45, 7) is 3.76. The van der Waals surface area contributed by atoms with Crippen LogP contribution in [0.1, 0.15) is 22.5 Å². The van der Waals surface area contributed by atoms with Gasteiger partial charge in [-0.15, -0.1) is 11.8 Å². The van der Waals surface area contributed by atoms with Gasteiger partial charge in [-0.3, -0.25) is 9.36 Å². The molecule has 0 bridgehead atoms. The summed E-state index contributed by atoms with van der Waals surface area (Å²) in [5, 5.41) is 7.11. The Labute approximate surface area is 216 Å². The molecule has 0 saturated carbocycles. The highest BCUT2D eigenvalue weighted by Gasteiger charge is 2.30. The smallest absolute Gasteiger partial charge is 0.324 e. The predicted octanol–water partition coefficient (Wildman–Crippen LogP) is 6.97. The van der Waals surface area contributed by atoms with Crippen LogP contribution >= 0.6 is 24.0 Å². The zero-order chi connectivity index (χ0) is 25.9. The molecule has 5 nitrogen and oxygen atoms in total. The van der Waals surface area contributed by atoms with E-state index in [1.54, 1.807) is 11.8 Å². The van der Waals surface area contributed by atoms with Crippen LogP contribution < -0.4 is 5.32 Å². The summed E-state index contributed by atoms with van der Waals surface area (Å²) in [6, 6.07) is 20.4. The molecule has 3 aromatic carbocycles. The summed E-state index contributed by atoms with van der Waals surface area (Å²) in [7, 11) is 0. The maximum Gasteiger partial charge on any atom is 0.416 e. The fourth-order valence-corrected chi connectivity index (χ4v) is 4.70. The molecular formula is C26H23F3N4OS2. The quantitative estimate of drug-likeness (QED) is 0.208. The number of amides is 1. The van der Waals surface area contributed by atoms with Gasteiger partial charge >= 0.3 is 6.18 Å². The minimum atomic E-state index is -4.50. The minimum Gasteiger partial charge on any atom is -0.324 e. The van der Waals surface area contributed by atoms with Gasteiger partial charge < -0.3 is 5.32 Å². The van der Waals surface area contributed by atoms with Gasteiger partial charge in [0, 0.05) is 16.3 Å². The van der Waals surface area contributed by atoms with Crippen molar-refractivity contribution >= 4 is 35.6 Å². The van der Waals surface area contributed by atoms with Gasteiger partial charge in [0.05, 0.1) is 11.3 Å². The predicted molar refractivity (Wildman–Crippen MR) is 138 cm³/mol. The van der Waals surface area contributed by atoms with E-state index in [2.05, 4.69) is 10.4 Å². The van der Waals surface area contributed by atoms with Gasteiger partial charge in [-0.25, -0.2) is 4.68 Å². The van der Waals surface area contributed by atoms with Crippen molar-refractivity contribution in [1.82, 2.24) is 14.3 Å². The summed E-state index contributed by atoms with van der Waals surface area (Å²) in [5.41, 5.74) is 2.24. The maximum atomic E-state index is 13.0. The van der Waals surface area contributed by atoms with Crippen LogP contribution in [0.2, 0.25) is 0 Å². The van der Waals surface area contributed by atoms with Gasteiger partial charge in [0.15, 0.2) is 0 Å². The van der Waals surface area contributed by atoms with E-state index in [9.17, 15) is 18.0 Å². The van der Waals surface area contributed by atoms with Crippen molar-refractivity contribution in [2.24, 2.45) is 0 Å². The fraction of sp³-hybridized carbons (Fsp3) is 0.192. The normalized spacial score (nSPS) is 11.5. The molecule has 0 fully saturated rings. The monoisotopic (exact) mass is 528 g/mol. The Hall–Kier alpha value is -3.37. The highest BCUT2D eigenvalue weighted by atomic mass is 32.2. The molecule has 0 atom stereocenters. The first-order chi connectivity index (χ1) is 17.1. The number of hydrogen-bond acceptors (Lipinski definition) is 4. The standard InChI is InChI=1S/C26H23F3N4OS2/c1-17-9-11-22(12-10-17)36-16-23-31-32(25(35)33(23)21-8-3-5-18(2)13-21)15-24(34)30-20-7-4-6-19(14-20)26(27,28)29/h3-14H,15-16H2,1-2H3,(H,30,34). The number of carbonyl (C=O) groups excluding carboxylic acids is 1. The molecule has 0 radical (unpaired) electrons. The summed E-state index contributed by atoms with van der Waals surface area (Å²) < 4.78 is 42.6. The van der Waals surface area contributed by atoms with E-state index in [1.165, 1.54) is 16.8 Å². The number of nitrogens with one attached hydrogen (secondary N) is 1. The first kappa shape index (κ1) is 25.7. The highest BCUT2D eigenvalue weighted by Crippen LogP contribution is 2.30. The van der Waals surface area contributed by atoms with Crippen molar-refractivity contribution in [2.75, 3.05) is 5.32 Å². The first-order valence-corrected chi connectivity index (χ1v) is 12.4. The van der Waals surface area contributed by atoms with Crippen molar-refractivity contribution < 1.29 is 18.0 Å². The number of anilines is 1. The van der Waals surface area contributed by atoms with Gasteiger partial charge in [-0.05, 0) is 74.1 Å². The molecule has 0 spiro atoms.